The minimum absolute atomic E-state index is 0.164. The third-order valence-corrected chi connectivity index (χ3v) is 6.94. The summed E-state index contributed by atoms with van der Waals surface area (Å²) in [6.45, 7) is 6.97. The molecule has 1 aliphatic carbocycles. The van der Waals surface area contributed by atoms with E-state index in [0.29, 0.717) is 49.4 Å². The highest BCUT2D eigenvalue weighted by molar-refractivity contribution is 6.32. The molecule has 1 fully saturated rings. The molecule has 1 aliphatic heterocycles. The average molecular weight is 444 g/mol. The van der Waals surface area contributed by atoms with Gasteiger partial charge in [0.15, 0.2) is 17.1 Å². The lowest BCUT2D eigenvalue weighted by Gasteiger charge is -2.44. The Hall–Kier alpha value is -3.22. The van der Waals surface area contributed by atoms with Crippen molar-refractivity contribution in [2.45, 2.75) is 25.9 Å². The van der Waals surface area contributed by atoms with Gasteiger partial charge >= 0.3 is 0 Å². The van der Waals surface area contributed by atoms with Gasteiger partial charge in [-0.15, -0.1) is 0 Å². The van der Waals surface area contributed by atoms with Crippen LogP contribution in [0, 0.1) is 19.7 Å². The molecule has 0 radical (unpaired) electrons. The number of benzene rings is 2. The van der Waals surface area contributed by atoms with Crippen LogP contribution in [0.5, 0.6) is 0 Å². The van der Waals surface area contributed by atoms with Gasteiger partial charge in [0.2, 0.25) is 0 Å². The summed E-state index contributed by atoms with van der Waals surface area (Å²) in [5.41, 5.74) is 3.06. The second-order valence-electron chi connectivity index (χ2n) is 8.93. The van der Waals surface area contributed by atoms with Gasteiger partial charge in [-0.2, -0.15) is 0 Å². The topological polar surface area (TPSA) is 53.5 Å². The predicted molar refractivity (Wildman–Crippen MR) is 124 cm³/mol. The van der Waals surface area contributed by atoms with E-state index in [9.17, 15) is 14.0 Å². The molecule has 0 saturated carbocycles. The molecule has 0 unspecified atom stereocenters. The second kappa shape index (κ2) is 8.28. The van der Waals surface area contributed by atoms with Crippen LogP contribution >= 0.6 is 0 Å². The number of pyridine rings is 1. The Balaban J connectivity index is 1.47. The zero-order chi connectivity index (χ0) is 23.2. The second-order valence-corrected chi connectivity index (χ2v) is 8.93. The van der Waals surface area contributed by atoms with E-state index in [2.05, 4.69) is 9.88 Å². The van der Waals surface area contributed by atoms with E-state index in [1.165, 1.54) is 6.07 Å². The van der Waals surface area contributed by atoms with E-state index < -0.39 is 5.54 Å². The quantitative estimate of drug-likeness (QED) is 0.572. The first-order chi connectivity index (χ1) is 15.9. The number of carbonyl (C=O) groups excluding carboxylic acids is 2. The zero-order valence-electron chi connectivity index (χ0n) is 18.8. The fourth-order valence-corrected chi connectivity index (χ4v) is 5.17. The van der Waals surface area contributed by atoms with Crippen molar-refractivity contribution in [3.8, 4) is 0 Å². The number of aromatic nitrogens is 1. The first-order valence-corrected chi connectivity index (χ1v) is 11.3. The van der Waals surface area contributed by atoms with E-state index >= 15 is 0 Å². The lowest BCUT2D eigenvalue weighted by atomic mass is 9.82. The number of aryl methyl sites for hydroxylation is 2. The summed E-state index contributed by atoms with van der Waals surface area (Å²) in [5, 5.41) is 0. The van der Waals surface area contributed by atoms with Gasteiger partial charge in [-0.1, -0.05) is 30.3 Å². The van der Waals surface area contributed by atoms with E-state index in [1.54, 1.807) is 48.7 Å². The fourth-order valence-electron chi connectivity index (χ4n) is 5.17. The minimum Gasteiger partial charge on any atom is -0.297 e. The summed E-state index contributed by atoms with van der Waals surface area (Å²) >= 11 is 0. The van der Waals surface area contributed by atoms with E-state index in [0.717, 1.165) is 16.8 Å². The van der Waals surface area contributed by atoms with Crippen molar-refractivity contribution in [3.63, 3.8) is 0 Å². The molecule has 1 aromatic heterocycles. The highest BCUT2D eigenvalue weighted by atomic mass is 19.1. The Morgan fingerprint density at radius 1 is 0.909 bits per heavy atom. The number of ketones is 2. The van der Waals surface area contributed by atoms with Crippen molar-refractivity contribution in [3.05, 3.63) is 100 Å². The van der Waals surface area contributed by atoms with Crippen LogP contribution in [0.25, 0.3) is 0 Å². The van der Waals surface area contributed by atoms with Crippen molar-refractivity contribution in [1.29, 1.82) is 0 Å². The Labute approximate surface area is 192 Å². The van der Waals surface area contributed by atoms with Crippen molar-refractivity contribution >= 4 is 11.6 Å². The highest BCUT2D eigenvalue weighted by Crippen LogP contribution is 2.43. The molecule has 0 N–H and O–H groups in total. The molecule has 0 atom stereocenters. The van der Waals surface area contributed by atoms with Crippen molar-refractivity contribution in [1.82, 2.24) is 14.8 Å². The molecule has 0 amide bonds. The van der Waals surface area contributed by atoms with Gasteiger partial charge in [0.1, 0.15) is 5.82 Å². The van der Waals surface area contributed by atoms with Crippen LogP contribution in [0.4, 0.5) is 4.39 Å². The smallest absolute Gasteiger partial charge is 0.196 e. The molecule has 0 spiro atoms. The molecule has 2 aromatic carbocycles. The van der Waals surface area contributed by atoms with E-state index in [1.807, 2.05) is 24.8 Å². The van der Waals surface area contributed by atoms with E-state index in [4.69, 9.17) is 0 Å². The maximum atomic E-state index is 13.9. The number of halogens is 1. The molecule has 5 nitrogen and oxygen atoms in total. The van der Waals surface area contributed by atoms with Crippen molar-refractivity contribution in [2.75, 3.05) is 26.2 Å². The molecule has 168 valence electrons. The number of piperazine rings is 1. The zero-order valence-corrected chi connectivity index (χ0v) is 18.8. The number of fused-ring (bicyclic) bond motifs is 1. The number of hydrogen-bond acceptors (Lipinski definition) is 5. The Morgan fingerprint density at radius 2 is 1.58 bits per heavy atom. The number of nitrogens with zero attached hydrogens (tertiary/aromatic N) is 3. The van der Waals surface area contributed by atoms with Gasteiger partial charge in [-0.05, 0) is 54.8 Å². The third-order valence-electron chi connectivity index (χ3n) is 6.94. The van der Waals surface area contributed by atoms with Gasteiger partial charge in [-0.25, -0.2) is 4.39 Å². The monoisotopic (exact) mass is 443 g/mol. The van der Waals surface area contributed by atoms with Crippen LogP contribution in [-0.4, -0.2) is 52.5 Å². The molecule has 6 heteroatoms. The first kappa shape index (κ1) is 21.6. The lowest BCUT2D eigenvalue weighted by molar-refractivity contribution is 0.0278. The summed E-state index contributed by atoms with van der Waals surface area (Å²) in [4.78, 5) is 36.3. The fraction of sp³-hybridized carbons (Fsp3) is 0.296. The normalized spacial score (nSPS) is 18.5. The largest absolute Gasteiger partial charge is 0.297 e. The Kier molecular flexibility index (Phi) is 5.43. The summed E-state index contributed by atoms with van der Waals surface area (Å²) < 4.78 is 13.7. The Bertz CT molecular complexity index is 1210. The molecule has 2 aliphatic rings. The van der Waals surface area contributed by atoms with Crippen LogP contribution in [0.3, 0.4) is 0 Å². The van der Waals surface area contributed by atoms with Crippen LogP contribution in [0.15, 0.2) is 60.8 Å². The van der Waals surface area contributed by atoms with Gasteiger partial charge in [-0.3, -0.25) is 24.4 Å². The molecule has 33 heavy (non-hydrogen) atoms. The standard InChI is InChI=1S/C27H26FN3O2/c1-18-7-8-22(28)16-20(18)17-30-11-13-31(14-12-30)27(21-9-10-29-19(2)15-21)25(32)23-5-3-4-6-24(23)26(27)33/h3-10,15-16H,11-14,17H2,1-2H3. The number of carbonyl (C=O) groups is 2. The van der Waals surface area contributed by atoms with Crippen LogP contribution in [-0.2, 0) is 12.1 Å². The van der Waals surface area contributed by atoms with Crippen molar-refractivity contribution in [2.24, 2.45) is 0 Å². The first-order valence-electron chi connectivity index (χ1n) is 11.3. The third kappa shape index (κ3) is 3.50. The molecular weight excluding hydrogens is 417 g/mol. The number of Topliss-reactive ketones (excluding diaryl/α,β-unsaturated/α-hetero) is 2. The highest BCUT2D eigenvalue weighted by Gasteiger charge is 2.58. The molecule has 2 heterocycles. The number of hydrogen-bond donors (Lipinski definition) is 0. The molecule has 3 aromatic rings. The maximum Gasteiger partial charge on any atom is 0.196 e. The SMILES string of the molecule is Cc1cc(C2(N3CCN(Cc4cc(F)ccc4C)CC3)C(=O)c3ccccc3C2=O)ccn1. The van der Waals surface area contributed by atoms with Gasteiger partial charge in [0.25, 0.3) is 0 Å². The Morgan fingerprint density at radius 3 is 2.21 bits per heavy atom. The molecular formula is C27H26FN3O2. The van der Waals surface area contributed by atoms with Gasteiger partial charge in [0, 0.05) is 55.7 Å². The minimum atomic E-state index is -1.36. The summed E-state index contributed by atoms with van der Waals surface area (Å²) in [6, 6.07) is 15.6. The predicted octanol–water partition coefficient (Wildman–Crippen LogP) is 3.93. The molecule has 0 bridgehead atoms. The van der Waals surface area contributed by atoms with Crippen LogP contribution < -0.4 is 0 Å². The summed E-state index contributed by atoms with van der Waals surface area (Å²) in [6.07, 6.45) is 1.67. The molecule has 5 rings (SSSR count). The van der Waals surface area contributed by atoms with Gasteiger partial charge in [0.05, 0.1) is 0 Å². The number of rotatable bonds is 4. The van der Waals surface area contributed by atoms with Gasteiger partial charge < -0.3 is 0 Å². The van der Waals surface area contributed by atoms with Crippen molar-refractivity contribution < 1.29 is 14.0 Å². The average Bonchev–Trinajstić information content (AvgIpc) is 3.05. The lowest BCUT2D eigenvalue weighted by Crippen LogP contribution is -2.60. The van der Waals surface area contributed by atoms with Crippen LogP contribution in [0.1, 0.15) is 43.1 Å². The molecule has 1 saturated heterocycles. The summed E-state index contributed by atoms with van der Waals surface area (Å²) in [5.74, 6) is -0.563. The van der Waals surface area contributed by atoms with E-state index in [-0.39, 0.29) is 17.4 Å². The summed E-state index contributed by atoms with van der Waals surface area (Å²) in [7, 11) is 0. The maximum absolute atomic E-state index is 13.9. The van der Waals surface area contributed by atoms with Crippen LogP contribution in [0.2, 0.25) is 0 Å².